The van der Waals surface area contributed by atoms with E-state index in [0.29, 0.717) is 19.0 Å². The molecule has 2 heterocycles. The van der Waals surface area contributed by atoms with Gasteiger partial charge >= 0.3 is 0 Å². The number of fused-ring (bicyclic) bond motifs is 1. The van der Waals surface area contributed by atoms with Gasteiger partial charge in [-0.05, 0) is 24.8 Å². The molecule has 0 spiro atoms. The number of carbonyl (C=O) groups excluding carboxylic acids is 2. The number of aromatic nitrogens is 2. The Morgan fingerprint density at radius 2 is 2.00 bits per heavy atom. The lowest BCUT2D eigenvalue weighted by molar-refractivity contribution is -0.255. The summed E-state index contributed by atoms with van der Waals surface area (Å²) in [5.41, 5.74) is -0.806. The van der Waals surface area contributed by atoms with E-state index in [2.05, 4.69) is 12.0 Å². The zero-order valence-corrected chi connectivity index (χ0v) is 13.4. The summed E-state index contributed by atoms with van der Waals surface area (Å²) in [6.45, 7) is 3.11. The fourth-order valence-electron chi connectivity index (χ4n) is 3.14. The number of aromatic carboxylic acids is 1. The van der Waals surface area contributed by atoms with E-state index in [4.69, 9.17) is 0 Å². The van der Waals surface area contributed by atoms with Crippen LogP contribution in [0.2, 0.25) is 0 Å². The van der Waals surface area contributed by atoms with E-state index in [1.165, 1.54) is 12.1 Å². The van der Waals surface area contributed by atoms with Crippen LogP contribution in [-0.4, -0.2) is 39.6 Å². The minimum absolute atomic E-state index is 0.214. The third-order valence-corrected chi connectivity index (χ3v) is 4.36. The maximum Gasteiger partial charge on any atom is 0.275 e. The summed E-state index contributed by atoms with van der Waals surface area (Å²) in [6, 6.07) is 6.30. The quantitative estimate of drug-likeness (QED) is 0.791. The Hall–Kier alpha value is -2.70. The number of carboxylic acid groups (broad SMARTS) is 1. The van der Waals surface area contributed by atoms with Crippen molar-refractivity contribution in [2.45, 2.75) is 26.3 Å². The molecule has 7 nitrogen and oxygen atoms in total. The number of benzene rings is 1. The number of rotatable bonds is 3. The Morgan fingerprint density at radius 1 is 1.29 bits per heavy atom. The second-order valence-electron chi connectivity index (χ2n) is 6.23. The molecule has 1 amide bonds. The predicted octanol–water partition coefficient (Wildman–Crippen LogP) is 0.0185. The summed E-state index contributed by atoms with van der Waals surface area (Å²) in [5, 5.41) is 15.6. The molecule has 24 heavy (non-hydrogen) atoms. The molecule has 1 atom stereocenters. The van der Waals surface area contributed by atoms with Crippen molar-refractivity contribution in [3.63, 3.8) is 0 Å². The molecule has 1 aromatic carbocycles. The Bertz CT molecular complexity index is 859. The number of amides is 1. The van der Waals surface area contributed by atoms with Crippen LogP contribution >= 0.6 is 0 Å². The van der Waals surface area contributed by atoms with Gasteiger partial charge in [0, 0.05) is 18.5 Å². The van der Waals surface area contributed by atoms with Crippen LogP contribution in [0.25, 0.3) is 10.8 Å². The van der Waals surface area contributed by atoms with Crippen molar-refractivity contribution in [1.82, 2.24) is 14.7 Å². The zero-order valence-electron chi connectivity index (χ0n) is 13.4. The third kappa shape index (κ3) is 3.02. The fourth-order valence-corrected chi connectivity index (χ4v) is 3.14. The van der Waals surface area contributed by atoms with Crippen LogP contribution < -0.4 is 10.7 Å². The first-order valence-corrected chi connectivity index (χ1v) is 7.96. The summed E-state index contributed by atoms with van der Waals surface area (Å²) < 4.78 is 0.926. The second-order valence-corrected chi connectivity index (χ2v) is 6.23. The molecule has 1 aromatic heterocycles. The molecule has 7 heteroatoms. The average Bonchev–Trinajstić information content (AvgIpc) is 2.57. The Labute approximate surface area is 138 Å². The van der Waals surface area contributed by atoms with Gasteiger partial charge < -0.3 is 14.8 Å². The molecule has 0 radical (unpaired) electrons. The highest BCUT2D eigenvalue weighted by Gasteiger charge is 2.22. The molecule has 2 aromatic rings. The van der Waals surface area contributed by atoms with E-state index in [1.54, 1.807) is 17.0 Å². The maximum atomic E-state index is 12.5. The molecule has 1 aliphatic heterocycles. The van der Waals surface area contributed by atoms with E-state index >= 15 is 0 Å². The van der Waals surface area contributed by atoms with Crippen LogP contribution in [0.15, 0.2) is 29.1 Å². The van der Waals surface area contributed by atoms with E-state index in [0.717, 1.165) is 17.5 Å². The molecule has 0 bridgehead atoms. The van der Waals surface area contributed by atoms with Gasteiger partial charge in [0.1, 0.15) is 12.2 Å². The minimum atomic E-state index is -1.47. The lowest BCUT2D eigenvalue weighted by Gasteiger charge is -2.31. The number of carbonyl (C=O) groups is 2. The number of piperidine rings is 1. The number of carboxylic acids is 1. The smallest absolute Gasteiger partial charge is 0.275 e. The largest absolute Gasteiger partial charge is 0.543 e. The molecular weight excluding hydrogens is 310 g/mol. The van der Waals surface area contributed by atoms with Gasteiger partial charge in [0.2, 0.25) is 5.91 Å². The Kier molecular flexibility index (Phi) is 4.33. The van der Waals surface area contributed by atoms with Gasteiger partial charge in [-0.1, -0.05) is 25.1 Å². The maximum absolute atomic E-state index is 12.5. The van der Waals surface area contributed by atoms with Crippen LogP contribution in [0.5, 0.6) is 0 Å². The van der Waals surface area contributed by atoms with Gasteiger partial charge in [0.05, 0.1) is 11.4 Å². The van der Waals surface area contributed by atoms with E-state index in [1.807, 2.05) is 0 Å². The number of hydrogen-bond acceptors (Lipinski definition) is 5. The molecule has 0 saturated carbocycles. The standard InChI is InChI=1S/C17H19N3O4/c1-11-5-4-8-19(9-11)14(21)10-20-16(22)13-7-3-2-6-12(13)15(18-20)17(23)24/h2-3,6-7,11H,4-5,8-10H2,1H3,(H,23,24)/p-1/t11-/m1/s1. The molecule has 1 aliphatic rings. The van der Waals surface area contributed by atoms with Crippen LogP contribution in [-0.2, 0) is 11.3 Å². The van der Waals surface area contributed by atoms with E-state index in [-0.39, 0.29) is 28.9 Å². The first kappa shape index (κ1) is 16.2. The highest BCUT2D eigenvalue weighted by atomic mass is 16.4. The first-order chi connectivity index (χ1) is 11.5. The third-order valence-electron chi connectivity index (χ3n) is 4.36. The van der Waals surface area contributed by atoms with Gasteiger partial charge in [-0.25, -0.2) is 4.68 Å². The van der Waals surface area contributed by atoms with Crippen molar-refractivity contribution in [3.8, 4) is 0 Å². The number of nitrogens with zero attached hydrogens (tertiary/aromatic N) is 3. The molecule has 0 N–H and O–H groups in total. The summed E-state index contributed by atoms with van der Waals surface area (Å²) in [5.74, 6) is -1.28. The van der Waals surface area contributed by atoms with Crippen LogP contribution in [0.4, 0.5) is 0 Å². The van der Waals surface area contributed by atoms with Crippen molar-refractivity contribution in [3.05, 3.63) is 40.3 Å². The first-order valence-electron chi connectivity index (χ1n) is 7.96. The molecule has 0 aliphatic carbocycles. The molecule has 1 fully saturated rings. The lowest BCUT2D eigenvalue weighted by atomic mass is 10.0. The Balaban J connectivity index is 1.97. The normalized spacial score (nSPS) is 17.9. The predicted molar refractivity (Wildman–Crippen MR) is 85.3 cm³/mol. The van der Waals surface area contributed by atoms with E-state index in [9.17, 15) is 19.5 Å². The van der Waals surface area contributed by atoms with Crippen molar-refractivity contribution < 1.29 is 14.7 Å². The van der Waals surface area contributed by atoms with Crippen LogP contribution in [0.3, 0.4) is 0 Å². The second kappa shape index (κ2) is 6.43. The van der Waals surface area contributed by atoms with Gasteiger partial charge in [-0.3, -0.25) is 9.59 Å². The van der Waals surface area contributed by atoms with Crippen molar-refractivity contribution in [2.75, 3.05) is 13.1 Å². The fraction of sp³-hybridized carbons (Fsp3) is 0.412. The SMILES string of the molecule is C[C@@H]1CCCN(C(=O)Cn2nc(C(=O)[O-])c3ccccc3c2=O)C1. The molecule has 3 rings (SSSR count). The summed E-state index contributed by atoms with van der Waals surface area (Å²) in [4.78, 5) is 38.0. The average molecular weight is 328 g/mol. The van der Waals surface area contributed by atoms with Crippen LogP contribution in [0.1, 0.15) is 30.3 Å². The van der Waals surface area contributed by atoms with Gasteiger partial charge in [-0.15, -0.1) is 0 Å². The van der Waals surface area contributed by atoms with Gasteiger partial charge in [0.15, 0.2) is 0 Å². The Morgan fingerprint density at radius 3 is 2.67 bits per heavy atom. The topological polar surface area (TPSA) is 95.3 Å². The van der Waals surface area contributed by atoms with Crippen molar-refractivity contribution >= 4 is 22.6 Å². The monoisotopic (exact) mass is 328 g/mol. The zero-order chi connectivity index (χ0) is 17.3. The highest BCUT2D eigenvalue weighted by molar-refractivity contribution is 6.00. The minimum Gasteiger partial charge on any atom is -0.543 e. The number of hydrogen-bond donors (Lipinski definition) is 0. The van der Waals surface area contributed by atoms with Crippen molar-refractivity contribution in [1.29, 1.82) is 0 Å². The van der Waals surface area contributed by atoms with Gasteiger partial charge in [0.25, 0.3) is 5.56 Å². The summed E-state index contributed by atoms with van der Waals surface area (Å²) in [7, 11) is 0. The van der Waals surface area contributed by atoms with E-state index < -0.39 is 11.5 Å². The molecule has 126 valence electrons. The summed E-state index contributed by atoms with van der Waals surface area (Å²) >= 11 is 0. The molecular formula is C17H18N3O4-. The molecule has 1 saturated heterocycles. The lowest BCUT2D eigenvalue weighted by Crippen LogP contribution is -2.43. The highest BCUT2D eigenvalue weighted by Crippen LogP contribution is 2.16. The van der Waals surface area contributed by atoms with Crippen molar-refractivity contribution in [2.24, 2.45) is 5.92 Å². The summed E-state index contributed by atoms with van der Waals surface area (Å²) in [6.07, 6.45) is 2.00. The molecule has 0 unspecified atom stereocenters. The van der Waals surface area contributed by atoms with Gasteiger partial charge in [-0.2, -0.15) is 5.10 Å². The van der Waals surface area contributed by atoms with Crippen LogP contribution in [0, 0.1) is 5.92 Å². The number of likely N-dealkylation sites (tertiary alicyclic amines) is 1.